The van der Waals surface area contributed by atoms with E-state index < -0.39 is 8.32 Å². The second-order valence-corrected chi connectivity index (χ2v) is 12.0. The molecule has 4 rings (SSSR count). The molecule has 33 heavy (non-hydrogen) atoms. The van der Waals surface area contributed by atoms with E-state index in [4.69, 9.17) is 4.43 Å². The molecule has 2 heteroatoms. The minimum atomic E-state index is -2.45. The van der Waals surface area contributed by atoms with Gasteiger partial charge < -0.3 is 4.43 Å². The lowest BCUT2D eigenvalue weighted by molar-refractivity contribution is 0.181. The summed E-state index contributed by atoms with van der Waals surface area (Å²) in [5.41, 5.74) is 2.26. The molecule has 4 aromatic carbocycles. The predicted molar refractivity (Wildman–Crippen MR) is 141 cm³/mol. The minimum absolute atomic E-state index is 0.0386. The van der Waals surface area contributed by atoms with Crippen LogP contribution in [-0.4, -0.2) is 8.32 Å². The third kappa shape index (κ3) is 5.90. The van der Waals surface area contributed by atoms with Gasteiger partial charge in [0.15, 0.2) is 0 Å². The van der Waals surface area contributed by atoms with Crippen LogP contribution in [0.1, 0.15) is 30.6 Å². The molecule has 0 aliphatic rings. The van der Waals surface area contributed by atoms with Crippen LogP contribution in [0.5, 0.6) is 0 Å². The van der Waals surface area contributed by atoms with Gasteiger partial charge in [-0.25, -0.2) is 0 Å². The highest BCUT2D eigenvalue weighted by molar-refractivity contribution is 6.96. The summed E-state index contributed by atoms with van der Waals surface area (Å²) in [5.74, 6) is 6.98. The van der Waals surface area contributed by atoms with Crippen molar-refractivity contribution in [1.82, 2.24) is 0 Å². The Balaban J connectivity index is 1.67. The Bertz CT molecular complexity index is 1140. The maximum absolute atomic E-state index is 7.19. The zero-order valence-electron chi connectivity index (χ0n) is 19.3. The van der Waals surface area contributed by atoms with Crippen LogP contribution in [0.3, 0.4) is 0 Å². The van der Waals surface area contributed by atoms with Crippen LogP contribution in [0.15, 0.2) is 121 Å². The molecule has 0 spiro atoms. The Labute approximate surface area is 199 Å². The van der Waals surface area contributed by atoms with Crippen LogP contribution >= 0.6 is 0 Å². The van der Waals surface area contributed by atoms with E-state index in [9.17, 15) is 0 Å². The highest BCUT2D eigenvalue weighted by Gasteiger charge is 2.37. The Morgan fingerprint density at radius 2 is 1.12 bits per heavy atom. The van der Waals surface area contributed by atoms with Gasteiger partial charge in [-0.1, -0.05) is 128 Å². The molecular weight excluding hydrogens is 416 g/mol. The Morgan fingerprint density at radius 3 is 1.64 bits per heavy atom. The highest BCUT2D eigenvalue weighted by atomic mass is 28.4. The molecule has 0 aromatic heterocycles. The molecule has 164 valence electrons. The molecule has 0 bridgehead atoms. The van der Waals surface area contributed by atoms with Gasteiger partial charge in [0, 0.05) is 11.5 Å². The fourth-order valence-electron chi connectivity index (χ4n) is 4.13. The van der Waals surface area contributed by atoms with Crippen LogP contribution in [0, 0.1) is 17.8 Å². The normalized spacial score (nSPS) is 12.9. The standard InChI is InChI=1S/C31H30OSi/c1-26(23-24-27-15-7-3-8-16-27)25-31(28-17-9-4-10-18-28)32-33(2,29-19-11-5-12-20-29)30-21-13-6-14-22-30/h3-22,26,31H,25H2,1-2H3/t26-,31+/m1/s1. The van der Waals surface area contributed by atoms with Crippen molar-refractivity contribution in [1.29, 1.82) is 0 Å². The van der Waals surface area contributed by atoms with Gasteiger partial charge in [-0.2, -0.15) is 0 Å². The summed E-state index contributed by atoms with van der Waals surface area (Å²) >= 11 is 0. The lowest BCUT2D eigenvalue weighted by Crippen LogP contribution is -2.58. The highest BCUT2D eigenvalue weighted by Crippen LogP contribution is 2.29. The first-order chi connectivity index (χ1) is 16.1. The van der Waals surface area contributed by atoms with Crippen molar-refractivity contribution in [3.8, 4) is 11.8 Å². The zero-order chi connectivity index (χ0) is 22.9. The Kier molecular flexibility index (Phi) is 7.57. The van der Waals surface area contributed by atoms with Crippen LogP contribution in [0.2, 0.25) is 6.55 Å². The van der Waals surface area contributed by atoms with Crippen LogP contribution in [0.4, 0.5) is 0 Å². The third-order valence-electron chi connectivity index (χ3n) is 6.00. The van der Waals surface area contributed by atoms with Gasteiger partial charge in [0.25, 0.3) is 8.32 Å². The summed E-state index contributed by atoms with van der Waals surface area (Å²) in [6, 6.07) is 42.2. The molecule has 0 saturated carbocycles. The van der Waals surface area contributed by atoms with Crippen LogP contribution < -0.4 is 10.4 Å². The molecule has 0 saturated heterocycles. The maximum Gasteiger partial charge on any atom is 0.253 e. The minimum Gasteiger partial charge on any atom is -0.401 e. The van der Waals surface area contributed by atoms with Crippen molar-refractivity contribution >= 4 is 18.7 Å². The Hall–Kier alpha value is -3.38. The molecule has 0 fully saturated rings. The second-order valence-electron chi connectivity index (χ2n) is 8.55. The van der Waals surface area contributed by atoms with Crippen molar-refractivity contribution in [3.63, 3.8) is 0 Å². The summed E-state index contributed by atoms with van der Waals surface area (Å²) in [6.45, 7) is 4.51. The maximum atomic E-state index is 7.19. The van der Waals surface area contributed by atoms with Gasteiger partial charge in [0.1, 0.15) is 0 Å². The van der Waals surface area contributed by atoms with E-state index in [1.54, 1.807) is 0 Å². The monoisotopic (exact) mass is 446 g/mol. The molecule has 1 nitrogen and oxygen atoms in total. The van der Waals surface area contributed by atoms with Crippen LogP contribution in [-0.2, 0) is 4.43 Å². The van der Waals surface area contributed by atoms with Crippen molar-refractivity contribution < 1.29 is 4.43 Å². The predicted octanol–water partition coefficient (Wildman–Crippen LogP) is 6.21. The first kappa shape index (κ1) is 22.8. The van der Waals surface area contributed by atoms with E-state index in [2.05, 4.69) is 128 Å². The van der Waals surface area contributed by atoms with Gasteiger partial charge in [-0.05, 0) is 41.0 Å². The van der Waals surface area contributed by atoms with Crippen molar-refractivity contribution in [2.45, 2.75) is 26.0 Å². The lowest BCUT2D eigenvalue weighted by Gasteiger charge is -2.34. The smallest absolute Gasteiger partial charge is 0.253 e. The number of hydrogen-bond donors (Lipinski definition) is 0. The topological polar surface area (TPSA) is 9.23 Å². The van der Waals surface area contributed by atoms with E-state index in [1.807, 2.05) is 18.2 Å². The number of hydrogen-bond acceptors (Lipinski definition) is 1. The SMILES string of the molecule is C[C@H](C#Cc1ccccc1)C[C@H](O[Si](C)(c1ccccc1)c1ccccc1)c1ccccc1. The molecule has 0 aliphatic heterocycles. The first-order valence-corrected chi connectivity index (χ1v) is 14.0. The van der Waals surface area contributed by atoms with Crippen molar-refractivity contribution in [2.24, 2.45) is 5.92 Å². The molecule has 0 heterocycles. The van der Waals surface area contributed by atoms with Crippen molar-refractivity contribution in [3.05, 3.63) is 132 Å². The lowest BCUT2D eigenvalue weighted by atomic mass is 9.98. The molecule has 2 atom stereocenters. The third-order valence-corrected chi connectivity index (χ3v) is 9.63. The zero-order valence-corrected chi connectivity index (χ0v) is 20.3. The van der Waals surface area contributed by atoms with Gasteiger partial charge in [0.2, 0.25) is 0 Å². The van der Waals surface area contributed by atoms with Crippen molar-refractivity contribution in [2.75, 3.05) is 0 Å². The fraction of sp³-hybridized carbons (Fsp3) is 0.161. The average molecular weight is 447 g/mol. The molecule has 0 amide bonds. The largest absolute Gasteiger partial charge is 0.401 e. The van der Waals surface area contributed by atoms with Gasteiger partial charge in [-0.15, -0.1) is 0 Å². The quantitative estimate of drug-likeness (QED) is 0.242. The molecular formula is C31H30OSi. The number of benzene rings is 4. The van der Waals surface area contributed by atoms with Gasteiger partial charge in [0.05, 0.1) is 6.10 Å². The van der Waals surface area contributed by atoms with E-state index in [0.717, 1.165) is 12.0 Å². The van der Waals surface area contributed by atoms with E-state index in [1.165, 1.54) is 15.9 Å². The summed E-state index contributed by atoms with van der Waals surface area (Å²) < 4.78 is 7.19. The van der Waals surface area contributed by atoms with Gasteiger partial charge in [-0.3, -0.25) is 0 Å². The summed E-state index contributed by atoms with van der Waals surface area (Å²) in [7, 11) is -2.45. The molecule has 0 unspecified atom stereocenters. The van der Waals surface area contributed by atoms with E-state index in [0.29, 0.717) is 0 Å². The Morgan fingerprint density at radius 1 is 0.667 bits per heavy atom. The van der Waals surface area contributed by atoms with Gasteiger partial charge >= 0.3 is 0 Å². The summed E-state index contributed by atoms with van der Waals surface area (Å²) in [6.07, 6.45) is 0.801. The van der Waals surface area contributed by atoms with Crippen LogP contribution in [0.25, 0.3) is 0 Å². The average Bonchev–Trinajstić information content (AvgIpc) is 2.89. The molecule has 0 aliphatic carbocycles. The summed E-state index contributed by atoms with van der Waals surface area (Å²) in [5, 5.41) is 2.56. The molecule has 0 radical (unpaired) electrons. The van der Waals surface area contributed by atoms with E-state index >= 15 is 0 Å². The summed E-state index contributed by atoms with van der Waals surface area (Å²) in [4.78, 5) is 0. The fourth-order valence-corrected chi connectivity index (χ4v) is 7.19. The van der Waals surface area contributed by atoms with E-state index in [-0.39, 0.29) is 12.0 Å². The number of rotatable bonds is 7. The first-order valence-electron chi connectivity index (χ1n) is 11.6. The molecule has 0 N–H and O–H groups in total. The second kappa shape index (κ2) is 11.0. The molecule has 4 aromatic rings.